The highest BCUT2D eigenvalue weighted by Gasteiger charge is 2.34. The predicted molar refractivity (Wildman–Crippen MR) is 120 cm³/mol. The third-order valence-corrected chi connectivity index (χ3v) is 4.80. The lowest BCUT2D eigenvalue weighted by atomic mass is 10.0. The van der Waals surface area contributed by atoms with Crippen molar-refractivity contribution in [2.24, 2.45) is 15.7 Å². The Balaban J connectivity index is 1.97. The van der Waals surface area contributed by atoms with E-state index >= 15 is 0 Å². The van der Waals surface area contributed by atoms with Crippen molar-refractivity contribution in [1.29, 1.82) is 0 Å². The summed E-state index contributed by atoms with van der Waals surface area (Å²) in [6.07, 6.45) is 1.01. The summed E-state index contributed by atoms with van der Waals surface area (Å²) < 4.78 is 40.8. The first-order valence-electron chi connectivity index (χ1n) is 9.62. The molecule has 5 nitrogen and oxygen atoms in total. The Bertz CT molecular complexity index is 1070. The fraction of sp³-hybridized carbons (Fsp3) is 0.217. The largest absolute Gasteiger partial charge is 0.418 e. The number of aliphatic imine (C=N–C) groups is 2. The molecule has 0 spiro atoms. The van der Waals surface area contributed by atoms with E-state index in [1.54, 1.807) is 24.5 Å². The SMILES string of the molecule is C=N/C(=C\N1C=C(C)C=NC1)c1ccc(C)c(Nc2ccc(CN)cc2C(F)(F)F)c1. The standard InChI is InChI=1S/C23H24F3N5/c1-15-11-29-14-31(12-15)13-22(28-3)18-6-4-16(2)21(9-18)30-20-7-5-17(10-27)8-19(20)23(24,25)26/h4-9,11-13,30H,3,10,14,27H2,1-2H3/b22-13-. The van der Waals surface area contributed by atoms with Crippen molar-refractivity contribution < 1.29 is 13.2 Å². The molecule has 8 heteroatoms. The normalized spacial score (nSPS) is 14.5. The number of nitrogens with zero attached hydrogens (tertiary/aromatic N) is 3. The van der Waals surface area contributed by atoms with Gasteiger partial charge in [0.25, 0.3) is 0 Å². The lowest BCUT2D eigenvalue weighted by Crippen LogP contribution is -2.15. The number of aryl methyl sites for hydroxylation is 1. The minimum Gasteiger partial charge on any atom is -0.355 e. The summed E-state index contributed by atoms with van der Waals surface area (Å²) in [4.78, 5) is 10.2. The Kier molecular flexibility index (Phi) is 6.60. The van der Waals surface area contributed by atoms with E-state index < -0.39 is 11.7 Å². The van der Waals surface area contributed by atoms with Crippen LogP contribution in [0.15, 0.2) is 64.4 Å². The molecule has 2 aromatic carbocycles. The van der Waals surface area contributed by atoms with Crippen molar-refractivity contribution in [1.82, 2.24) is 4.90 Å². The van der Waals surface area contributed by atoms with Gasteiger partial charge in [-0.1, -0.05) is 18.2 Å². The van der Waals surface area contributed by atoms with Crippen LogP contribution in [0.5, 0.6) is 0 Å². The van der Waals surface area contributed by atoms with Crippen LogP contribution in [-0.2, 0) is 12.7 Å². The summed E-state index contributed by atoms with van der Waals surface area (Å²) in [5, 5.41) is 2.93. The highest BCUT2D eigenvalue weighted by molar-refractivity contribution is 5.79. The lowest BCUT2D eigenvalue weighted by Gasteiger charge is -2.19. The van der Waals surface area contributed by atoms with Crippen molar-refractivity contribution in [2.45, 2.75) is 26.6 Å². The number of hydrogen-bond donors (Lipinski definition) is 2. The van der Waals surface area contributed by atoms with Gasteiger partial charge in [-0.2, -0.15) is 13.2 Å². The van der Waals surface area contributed by atoms with E-state index in [1.165, 1.54) is 6.07 Å². The molecule has 0 aromatic heterocycles. The molecule has 0 radical (unpaired) electrons. The fourth-order valence-electron chi connectivity index (χ4n) is 3.18. The van der Waals surface area contributed by atoms with E-state index in [0.29, 0.717) is 23.6 Å². The van der Waals surface area contributed by atoms with Gasteiger partial charge in [0.1, 0.15) is 6.67 Å². The van der Waals surface area contributed by atoms with E-state index in [9.17, 15) is 13.2 Å². The molecular weight excluding hydrogens is 403 g/mol. The van der Waals surface area contributed by atoms with Gasteiger partial charge in [-0.05, 0) is 55.5 Å². The summed E-state index contributed by atoms with van der Waals surface area (Å²) in [5.74, 6) is 0. The number of alkyl halides is 3. The summed E-state index contributed by atoms with van der Waals surface area (Å²) in [7, 11) is 0. The maximum atomic E-state index is 13.6. The van der Waals surface area contributed by atoms with Crippen LogP contribution in [0, 0.1) is 6.92 Å². The zero-order chi connectivity index (χ0) is 22.6. The number of rotatable bonds is 6. The third kappa shape index (κ3) is 5.40. The number of benzene rings is 2. The second-order valence-electron chi connectivity index (χ2n) is 7.25. The van der Waals surface area contributed by atoms with Crippen molar-refractivity contribution in [2.75, 3.05) is 12.0 Å². The van der Waals surface area contributed by atoms with Crippen molar-refractivity contribution >= 4 is 30.0 Å². The molecule has 0 unspecified atom stereocenters. The molecule has 162 valence electrons. The van der Waals surface area contributed by atoms with Gasteiger partial charge in [0, 0.05) is 36.4 Å². The zero-order valence-electron chi connectivity index (χ0n) is 17.4. The Morgan fingerprint density at radius 2 is 2.00 bits per heavy atom. The first-order valence-corrected chi connectivity index (χ1v) is 9.62. The first kappa shape index (κ1) is 22.3. The molecule has 1 aliphatic rings. The number of nitrogens with one attached hydrogen (secondary N) is 1. The zero-order valence-corrected chi connectivity index (χ0v) is 17.4. The molecule has 0 aliphatic carbocycles. The van der Waals surface area contributed by atoms with Crippen LogP contribution >= 0.6 is 0 Å². The molecule has 3 N–H and O–H groups in total. The molecular formula is C23H24F3N5. The second kappa shape index (κ2) is 9.18. The van der Waals surface area contributed by atoms with E-state index in [2.05, 4.69) is 22.0 Å². The number of allylic oxidation sites excluding steroid dienone is 1. The maximum Gasteiger partial charge on any atom is 0.418 e. The molecule has 0 bridgehead atoms. The van der Waals surface area contributed by atoms with Gasteiger partial charge < -0.3 is 16.0 Å². The minimum absolute atomic E-state index is 0.0332. The van der Waals surface area contributed by atoms with E-state index in [0.717, 1.165) is 22.8 Å². The first-order chi connectivity index (χ1) is 14.7. The molecule has 0 fully saturated rings. The third-order valence-electron chi connectivity index (χ3n) is 4.80. The quantitative estimate of drug-likeness (QED) is 0.602. The lowest BCUT2D eigenvalue weighted by molar-refractivity contribution is -0.137. The molecule has 1 heterocycles. The van der Waals surface area contributed by atoms with E-state index in [4.69, 9.17) is 5.73 Å². The molecule has 1 aliphatic heterocycles. The van der Waals surface area contributed by atoms with Crippen molar-refractivity contribution in [3.05, 3.63) is 76.6 Å². The number of anilines is 2. The smallest absolute Gasteiger partial charge is 0.355 e. The van der Waals surface area contributed by atoms with Gasteiger partial charge in [0.05, 0.1) is 16.9 Å². The summed E-state index contributed by atoms with van der Waals surface area (Å²) in [5.41, 5.74) is 8.77. The predicted octanol–water partition coefficient (Wildman–Crippen LogP) is 5.46. The van der Waals surface area contributed by atoms with Crippen LogP contribution in [0.1, 0.15) is 29.2 Å². The minimum atomic E-state index is -4.51. The number of hydrogen-bond acceptors (Lipinski definition) is 5. The van der Waals surface area contributed by atoms with Gasteiger partial charge in [-0.3, -0.25) is 9.98 Å². The van der Waals surface area contributed by atoms with Gasteiger partial charge in [0.15, 0.2) is 0 Å². The van der Waals surface area contributed by atoms with Gasteiger partial charge >= 0.3 is 6.18 Å². The summed E-state index contributed by atoms with van der Waals surface area (Å²) in [6, 6.07) is 9.50. The Hall–Kier alpha value is -3.39. The average Bonchev–Trinajstić information content (AvgIpc) is 2.73. The molecule has 0 saturated heterocycles. The Labute approximate surface area is 179 Å². The highest BCUT2D eigenvalue weighted by atomic mass is 19.4. The fourth-order valence-corrected chi connectivity index (χ4v) is 3.18. The number of halogens is 3. The molecule has 0 atom stereocenters. The van der Waals surface area contributed by atoms with Crippen LogP contribution in [0.3, 0.4) is 0 Å². The van der Waals surface area contributed by atoms with Crippen LogP contribution in [0.2, 0.25) is 0 Å². The van der Waals surface area contributed by atoms with Gasteiger partial charge in [-0.25, -0.2) is 0 Å². The topological polar surface area (TPSA) is 66.0 Å². The maximum absolute atomic E-state index is 13.6. The molecule has 3 rings (SSSR count). The Morgan fingerprint density at radius 1 is 1.23 bits per heavy atom. The summed E-state index contributed by atoms with van der Waals surface area (Å²) in [6.45, 7) is 7.89. The summed E-state index contributed by atoms with van der Waals surface area (Å²) >= 11 is 0. The second-order valence-corrected chi connectivity index (χ2v) is 7.25. The van der Waals surface area contributed by atoms with Gasteiger partial charge in [-0.15, -0.1) is 0 Å². The van der Waals surface area contributed by atoms with E-state index in [-0.39, 0.29) is 12.2 Å². The average molecular weight is 427 g/mol. The van der Waals surface area contributed by atoms with Crippen molar-refractivity contribution in [3.63, 3.8) is 0 Å². The van der Waals surface area contributed by atoms with Crippen LogP contribution in [-0.4, -0.2) is 24.5 Å². The van der Waals surface area contributed by atoms with Crippen LogP contribution in [0.25, 0.3) is 5.70 Å². The molecule has 31 heavy (non-hydrogen) atoms. The van der Waals surface area contributed by atoms with Crippen LogP contribution < -0.4 is 11.1 Å². The Morgan fingerprint density at radius 3 is 2.65 bits per heavy atom. The number of nitrogens with two attached hydrogens (primary N) is 1. The monoisotopic (exact) mass is 427 g/mol. The molecule has 0 amide bonds. The molecule has 0 saturated carbocycles. The molecule has 2 aromatic rings. The van der Waals surface area contributed by atoms with E-state index in [1.807, 2.05) is 37.1 Å². The van der Waals surface area contributed by atoms with Gasteiger partial charge in [0.2, 0.25) is 0 Å². The van der Waals surface area contributed by atoms with Crippen LogP contribution in [0.4, 0.5) is 24.5 Å². The highest BCUT2D eigenvalue weighted by Crippen LogP contribution is 2.37. The van der Waals surface area contributed by atoms with Crippen molar-refractivity contribution in [3.8, 4) is 0 Å².